The molecule has 0 aromatic carbocycles. The lowest BCUT2D eigenvalue weighted by atomic mass is 10.2. The Hall–Kier alpha value is -1.09. The molecule has 0 radical (unpaired) electrons. The van der Waals surface area contributed by atoms with Gasteiger partial charge in [0.15, 0.2) is 0 Å². The number of hydrogen-bond acceptors (Lipinski definition) is 4. The molecule has 0 atom stereocenters. The lowest BCUT2D eigenvalue weighted by molar-refractivity contribution is 1.02. The van der Waals surface area contributed by atoms with Crippen LogP contribution < -0.4 is 14.8 Å². The fraction of sp³-hybridized carbons (Fsp3) is 0.143. The van der Waals surface area contributed by atoms with Crippen LogP contribution in [-0.4, -0.2) is 15.0 Å². The predicted octanol–water partition coefficient (Wildman–Crippen LogP) is 0.273. The average Bonchev–Trinajstić information content (AvgIpc) is 2.49. The standard InChI is InChI=1S/C7H8IN5O/c8-11-2-3-1-10-5-4(3)6(14)13-7(9)12-5/h1,11H,2H2,(H4,9,10,12,13,14). The van der Waals surface area contributed by atoms with E-state index in [0.717, 1.165) is 5.56 Å². The van der Waals surface area contributed by atoms with Gasteiger partial charge in [0.25, 0.3) is 5.56 Å². The number of nitrogens with zero attached hydrogens (tertiary/aromatic N) is 1. The van der Waals surface area contributed by atoms with Gasteiger partial charge in [-0.3, -0.25) is 13.3 Å². The predicted molar refractivity (Wildman–Crippen MR) is 62.0 cm³/mol. The zero-order valence-electron chi connectivity index (χ0n) is 7.10. The van der Waals surface area contributed by atoms with E-state index in [2.05, 4.69) is 18.5 Å². The highest BCUT2D eigenvalue weighted by atomic mass is 127. The minimum atomic E-state index is -0.213. The summed E-state index contributed by atoms with van der Waals surface area (Å²) < 4.78 is 2.94. The average molecular weight is 305 g/mol. The van der Waals surface area contributed by atoms with Gasteiger partial charge in [-0.2, -0.15) is 4.98 Å². The van der Waals surface area contributed by atoms with E-state index in [-0.39, 0.29) is 11.5 Å². The van der Waals surface area contributed by atoms with E-state index in [1.54, 1.807) is 6.20 Å². The smallest absolute Gasteiger partial charge is 0.262 e. The third kappa shape index (κ3) is 1.48. The van der Waals surface area contributed by atoms with Crippen LogP contribution in [0.15, 0.2) is 11.0 Å². The Bertz CT molecular complexity index is 516. The van der Waals surface area contributed by atoms with Gasteiger partial charge in [-0.1, -0.05) is 0 Å². The van der Waals surface area contributed by atoms with Gasteiger partial charge in [-0.25, -0.2) is 0 Å². The molecular formula is C7H8IN5O. The number of H-pyrrole nitrogens is 2. The zero-order valence-corrected chi connectivity index (χ0v) is 9.25. The van der Waals surface area contributed by atoms with Crippen molar-refractivity contribution in [3.8, 4) is 0 Å². The summed E-state index contributed by atoms with van der Waals surface area (Å²) >= 11 is 2.02. The molecule has 6 nitrogen and oxygen atoms in total. The molecule has 0 aliphatic rings. The number of nitrogen functional groups attached to an aromatic ring is 1. The molecule has 2 heterocycles. The number of hydrogen-bond donors (Lipinski definition) is 4. The molecule has 0 amide bonds. The van der Waals surface area contributed by atoms with Crippen molar-refractivity contribution >= 4 is 39.8 Å². The largest absolute Gasteiger partial charge is 0.369 e. The molecule has 0 saturated heterocycles. The fourth-order valence-corrected chi connectivity index (χ4v) is 1.74. The molecule has 0 spiro atoms. The maximum absolute atomic E-state index is 11.5. The summed E-state index contributed by atoms with van der Waals surface area (Å²) in [5.74, 6) is 0.123. The van der Waals surface area contributed by atoms with E-state index in [1.165, 1.54) is 0 Å². The number of aromatic nitrogens is 3. The lowest BCUT2D eigenvalue weighted by Gasteiger charge is -1.95. The summed E-state index contributed by atoms with van der Waals surface area (Å²) in [6, 6.07) is 0. The third-order valence-corrected chi connectivity index (χ3v) is 2.28. The minimum absolute atomic E-state index is 0.123. The summed E-state index contributed by atoms with van der Waals surface area (Å²) in [6.07, 6.45) is 1.75. The first-order chi connectivity index (χ1) is 6.72. The second-order valence-electron chi connectivity index (χ2n) is 2.80. The second kappa shape index (κ2) is 3.58. The first kappa shape index (κ1) is 9.46. The molecule has 7 heteroatoms. The van der Waals surface area contributed by atoms with Crippen molar-refractivity contribution in [3.05, 3.63) is 22.1 Å². The van der Waals surface area contributed by atoms with Gasteiger partial charge < -0.3 is 10.7 Å². The van der Waals surface area contributed by atoms with Crippen molar-refractivity contribution < 1.29 is 0 Å². The molecule has 0 aliphatic heterocycles. The second-order valence-corrected chi connectivity index (χ2v) is 3.56. The van der Waals surface area contributed by atoms with Crippen molar-refractivity contribution in [2.24, 2.45) is 0 Å². The van der Waals surface area contributed by atoms with Crippen LogP contribution in [0, 0.1) is 0 Å². The number of fused-ring (bicyclic) bond motifs is 1. The van der Waals surface area contributed by atoms with Crippen LogP contribution in [0.5, 0.6) is 0 Å². The quantitative estimate of drug-likeness (QED) is 0.473. The van der Waals surface area contributed by atoms with Crippen LogP contribution in [0.25, 0.3) is 11.0 Å². The van der Waals surface area contributed by atoms with Gasteiger partial charge in [0.1, 0.15) is 5.65 Å². The molecule has 2 aromatic rings. The Kier molecular flexibility index (Phi) is 2.42. The van der Waals surface area contributed by atoms with Crippen LogP contribution in [-0.2, 0) is 6.54 Å². The van der Waals surface area contributed by atoms with Crippen molar-refractivity contribution in [2.75, 3.05) is 5.73 Å². The maximum Gasteiger partial charge on any atom is 0.262 e. The molecule has 74 valence electrons. The van der Waals surface area contributed by atoms with Crippen LogP contribution in [0.3, 0.4) is 0 Å². The van der Waals surface area contributed by atoms with Crippen molar-refractivity contribution in [2.45, 2.75) is 6.54 Å². The monoisotopic (exact) mass is 305 g/mol. The van der Waals surface area contributed by atoms with Gasteiger partial charge in [-0.15, -0.1) is 0 Å². The Morgan fingerprint density at radius 3 is 3.14 bits per heavy atom. The van der Waals surface area contributed by atoms with Gasteiger partial charge in [0, 0.05) is 35.6 Å². The highest BCUT2D eigenvalue weighted by molar-refractivity contribution is 14.1. The van der Waals surface area contributed by atoms with E-state index in [0.29, 0.717) is 17.6 Å². The number of nitrogens with two attached hydrogens (primary N) is 1. The Labute approximate surface area is 92.8 Å². The van der Waals surface area contributed by atoms with E-state index < -0.39 is 0 Å². The molecule has 0 aliphatic carbocycles. The fourth-order valence-electron chi connectivity index (χ4n) is 1.33. The molecule has 2 aromatic heterocycles. The van der Waals surface area contributed by atoms with Crippen LogP contribution in [0.1, 0.15) is 5.56 Å². The van der Waals surface area contributed by atoms with Gasteiger partial charge in [-0.05, 0) is 5.56 Å². The highest BCUT2D eigenvalue weighted by Gasteiger charge is 2.08. The molecule has 5 N–H and O–H groups in total. The topological polar surface area (TPSA) is 99.6 Å². The number of nitrogens with one attached hydrogen (secondary N) is 3. The van der Waals surface area contributed by atoms with E-state index in [9.17, 15) is 4.79 Å². The summed E-state index contributed by atoms with van der Waals surface area (Å²) in [5, 5.41) is 0.559. The summed E-state index contributed by atoms with van der Waals surface area (Å²) in [7, 11) is 0. The van der Waals surface area contributed by atoms with E-state index in [1.807, 2.05) is 22.9 Å². The molecule has 2 rings (SSSR count). The molecule has 0 fully saturated rings. The third-order valence-electron chi connectivity index (χ3n) is 1.90. The van der Waals surface area contributed by atoms with E-state index in [4.69, 9.17) is 5.73 Å². The summed E-state index contributed by atoms with van der Waals surface area (Å²) in [6.45, 7) is 0.606. The molecule has 14 heavy (non-hydrogen) atoms. The molecule has 0 saturated carbocycles. The first-order valence-electron chi connectivity index (χ1n) is 3.91. The van der Waals surface area contributed by atoms with Crippen molar-refractivity contribution in [1.29, 1.82) is 0 Å². The molecule has 0 unspecified atom stereocenters. The number of aromatic amines is 2. The SMILES string of the molecule is Nc1nc2[nH]cc(CNI)c2c(=O)[nH]1. The summed E-state index contributed by atoms with van der Waals surface area (Å²) in [5.41, 5.74) is 6.59. The highest BCUT2D eigenvalue weighted by Crippen LogP contribution is 2.12. The van der Waals surface area contributed by atoms with Gasteiger partial charge in [0.2, 0.25) is 5.95 Å². The van der Waals surface area contributed by atoms with Crippen molar-refractivity contribution in [1.82, 2.24) is 18.5 Å². The van der Waals surface area contributed by atoms with Gasteiger partial charge >= 0.3 is 0 Å². The lowest BCUT2D eigenvalue weighted by Crippen LogP contribution is -2.12. The molecule has 0 bridgehead atoms. The molecular weight excluding hydrogens is 297 g/mol. The number of halogens is 1. The van der Waals surface area contributed by atoms with Crippen LogP contribution in [0.2, 0.25) is 0 Å². The first-order valence-corrected chi connectivity index (χ1v) is 4.99. The number of rotatable bonds is 2. The van der Waals surface area contributed by atoms with E-state index >= 15 is 0 Å². The summed E-state index contributed by atoms with van der Waals surface area (Å²) in [4.78, 5) is 20.9. The van der Waals surface area contributed by atoms with Crippen LogP contribution in [0.4, 0.5) is 5.95 Å². The normalized spacial score (nSPS) is 10.9. The zero-order chi connectivity index (χ0) is 10.1. The maximum atomic E-state index is 11.5. The minimum Gasteiger partial charge on any atom is -0.369 e. The van der Waals surface area contributed by atoms with Crippen molar-refractivity contribution in [3.63, 3.8) is 0 Å². The number of anilines is 1. The van der Waals surface area contributed by atoms with Gasteiger partial charge in [0.05, 0.1) is 5.39 Å². The Morgan fingerprint density at radius 1 is 1.64 bits per heavy atom. The van der Waals surface area contributed by atoms with Crippen LogP contribution >= 0.6 is 22.9 Å². The Morgan fingerprint density at radius 2 is 2.43 bits per heavy atom. The Balaban J connectivity index is 2.73.